The number of carbonyl (C=O) groups excluding carboxylic acids is 5. The number of carboxylic acids is 1. The first-order chi connectivity index (χ1) is 27.6. The van der Waals surface area contributed by atoms with E-state index < -0.39 is 135 Å². The van der Waals surface area contributed by atoms with E-state index in [2.05, 4.69) is 16.0 Å². The maximum Gasteiger partial charge on any atom is 0.305 e. The summed E-state index contributed by atoms with van der Waals surface area (Å²) < 4.78 is 37.9. The molecular formula is C35H59N3O20. The smallest absolute Gasteiger partial charge is 0.305 e. The molecule has 10 N–H and O–H groups in total. The highest BCUT2D eigenvalue weighted by Crippen LogP contribution is 2.25. The minimum atomic E-state index is -1.65. The number of Topliss-reactive ketones (excluding diaryl/α,β-unsaturated/α-hetero) is 2. The van der Waals surface area contributed by atoms with Crippen molar-refractivity contribution in [2.24, 2.45) is 0 Å². The van der Waals surface area contributed by atoms with E-state index in [-0.39, 0.29) is 72.1 Å². The van der Waals surface area contributed by atoms with Gasteiger partial charge in [0.25, 0.3) is 0 Å². The zero-order valence-corrected chi connectivity index (χ0v) is 32.6. The van der Waals surface area contributed by atoms with Gasteiger partial charge in [0, 0.05) is 39.7 Å². The molecule has 2 fully saturated rings. The van der Waals surface area contributed by atoms with E-state index in [0.717, 1.165) is 13.8 Å². The average Bonchev–Trinajstić information content (AvgIpc) is 3.16. The SMILES string of the molecule is CC(=O)NC1C(CC(=O)C[C@H](NC(=O)COC2OC(CO)C(O)C(O)C2NC(C)=O)C(=O)CCCOCCOCCOCCOCCC(=O)O)OC(CO)C(O)C1O. The molecular weight excluding hydrogens is 782 g/mol. The molecule has 0 aromatic heterocycles. The van der Waals surface area contributed by atoms with Crippen LogP contribution < -0.4 is 16.0 Å². The third kappa shape index (κ3) is 18.3. The van der Waals surface area contributed by atoms with Crippen LogP contribution in [0, 0.1) is 0 Å². The summed E-state index contributed by atoms with van der Waals surface area (Å²) in [6.07, 6.45) is -13.0. The lowest BCUT2D eigenvalue weighted by Gasteiger charge is -2.42. The fourth-order valence-corrected chi connectivity index (χ4v) is 6.01. The number of rotatable bonds is 29. The lowest BCUT2D eigenvalue weighted by Crippen LogP contribution is -2.64. The van der Waals surface area contributed by atoms with Gasteiger partial charge in [0.1, 0.15) is 55.1 Å². The van der Waals surface area contributed by atoms with E-state index >= 15 is 0 Å². The van der Waals surface area contributed by atoms with Gasteiger partial charge in [-0.25, -0.2) is 0 Å². The number of aliphatic hydroxyl groups excluding tert-OH is 6. The van der Waals surface area contributed by atoms with Crippen molar-refractivity contribution in [2.45, 2.75) is 113 Å². The number of carboxylic acid groups (broad SMARTS) is 1. The standard InChI is InChI=1S/C35H59N3O20/c1-19(41)36-29-24(57-25(16-39)31(48)33(29)50)15-21(43)14-22(23(44)4-3-6-52-8-10-54-12-13-55-11-9-53-7-5-28(46)47)38-27(45)18-56-35-30(37-20(2)42)34(51)32(49)26(17-40)58-35/h22,24-26,29-35,39-40,48-51H,3-18H2,1-2H3,(H,36,41)(H,37,42)(H,38,45)(H,46,47)/t22-,24?,25?,26?,29?,30?,31?,32?,33?,34?,35?/m0/s1. The molecule has 0 aliphatic carbocycles. The second kappa shape index (κ2) is 27.5. The Hall–Kier alpha value is -3.30. The van der Waals surface area contributed by atoms with Crippen LogP contribution in [0.5, 0.6) is 0 Å². The molecule has 23 heteroatoms. The first kappa shape index (κ1) is 50.8. The Balaban J connectivity index is 1.98. The summed E-state index contributed by atoms with van der Waals surface area (Å²) >= 11 is 0. The molecule has 0 saturated carbocycles. The third-order valence-electron chi connectivity index (χ3n) is 8.90. The van der Waals surface area contributed by atoms with Crippen molar-refractivity contribution in [3.8, 4) is 0 Å². The number of hydrogen-bond acceptors (Lipinski definition) is 19. The Morgan fingerprint density at radius 3 is 1.67 bits per heavy atom. The Bertz CT molecular complexity index is 1290. The zero-order valence-electron chi connectivity index (χ0n) is 32.6. The van der Waals surface area contributed by atoms with Gasteiger partial charge in [0.2, 0.25) is 17.7 Å². The summed E-state index contributed by atoms with van der Waals surface area (Å²) in [4.78, 5) is 73.9. The molecule has 10 unspecified atom stereocenters. The highest BCUT2D eigenvalue weighted by molar-refractivity contribution is 5.94. The summed E-state index contributed by atoms with van der Waals surface area (Å²) in [6, 6.07) is -4.05. The molecule has 11 atom stereocenters. The van der Waals surface area contributed by atoms with Crippen LogP contribution in [0.15, 0.2) is 0 Å². The van der Waals surface area contributed by atoms with Crippen molar-refractivity contribution in [1.29, 1.82) is 0 Å². The lowest BCUT2D eigenvalue weighted by atomic mass is 9.89. The summed E-state index contributed by atoms with van der Waals surface area (Å²) in [5.41, 5.74) is 0. The number of ketones is 2. The predicted octanol–water partition coefficient (Wildman–Crippen LogP) is -5.34. The maximum absolute atomic E-state index is 13.4. The number of nitrogens with one attached hydrogen (secondary N) is 3. The van der Waals surface area contributed by atoms with Gasteiger partial charge in [-0.2, -0.15) is 0 Å². The van der Waals surface area contributed by atoms with E-state index in [1.807, 2.05) is 0 Å². The van der Waals surface area contributed by atoms with E-state index in [9.17, 15) is 59.4 Å². The van der Waals surface area contributed by atoms with E-state index in [4.69, 9.17) is 38.3 Å². The molecule has 0 radical (unpaired) electrons. The molecule has 0 aromatic rings. The number of amides is 3. The van der Waals surface area contributed by atoms with Gasteiger partial charge in [-0.15, -0.1) is 0 Å². The molecule has 0 bridgehead atoms. The van der Waals surface area contributed by atoms with Gasteiger partial charge in [-0.1, -0.05) is 0 Å². The quantitative estimate of drug-likeness (QED) is 0.0314. The molecule has 2 aliphatic heterocycles. The van der Waals surface area contributed by atoms with Gasteiger partial charge >= 0.3 is 5.97 Å². The largest absolute Gasteiger partial charge is 0.481 e. The topological polar surface area (TPSA) is 345 Å². The zero-order chi connectivity index (χ0) is 43.2. The fraction of sp³-hybridized carbons (Fsp3) is 0.829. The number of aliphatic carboxylic acids is 1. The van der Waals surface area contributed by atoms with Crippen molar-refractivity contribution >= 4 is 35.3 Å². The first-order valence-electron chi connectivity index (χ1n) is 18.9. The van der Waals surface area contributed by atoms with Gasteiger partial charge in [-0.3, -0.25) is 28.8 Å². The normalized spacial score (nSPS) is 27.7. The van der Waals surface area contributed by atoms with Crippen LogP contribution in [-0.4, -0.2) is 211 Å². The Labute approximate surface area is 334 Å². The van der Waals surface area contributed by atoms with Crippen molar-refractivity contribution in [3.63, 3.8) is 0 Å². The van der Waals surface area contributed by atoms with Crippen LogP contribution >= 0.6 is 0 Å². The minimum absolute atomic E-state index is 0.0910. The van der Waals surface area contributed by atoms with Crippen LogP contribution in [0.3, 0.4) is 0 Å². The maximum atomic E-state index is 13.4. The highest BCUT2D eigenvalue weighted by Gasteiger charge is 2.47. The summed E-state index contributed by atoms with van der Waals surface area (Å²) in [5, 5.41) is 76.6. The predicted molar refractivity (Wildman–Crippen MR) is 193 cm³/mol. The van der Waals surface area contributed by atoms with Crippen molar-refractivity contribution < 1.29 is 97.7 Å². The second-order valence-corrected chi connectivity index (χ2v) is 13.6. The number of carbonyl (C=O) groups is 6. The molecule has 2 heterocycles. The monoisotopic (exact) mass is 841 g/mol. The van der Waals surface area contributed by atoms with E-state index in [0.29, 0.717) is 0 Å². The van der Waals surface area contributed by atoms with Crippen LogP contribution in [-0.2, 0) is 61.9 Å². The Kier molecular flexibility index (Phi) is 24.1. The second-order valence-electron chi connectivity index (χ2n) is 13.6. The molecule has 2 rings (SSSR count). The number of aliphatic hydroxyl groups is 6. The van der Waals surface area contributed by atoms with Crippen LogP contribution in [0.1, 0.15) is 46.0 Å². The van der Waals surface area contributed by atoms with Crippen LogP contribution in [0.25, 0.3) is 0 Å². The summed E-state index contributed by atoms with van der Waals surface area (Å²) in [5.74, 6) is -4.35. The van der Waals surface area contributed by atoms with Crippen LogP contribution in [0.4, 0.5) is 0 Å². The van der Waals surface area contributed by atoms with Gasteiger partial charge in [-0.05, 0) is 6.42 Å². The van der Waals surface area contributed by atoms with Crippen LogP contribution in [0.2, 0.25) is 0 Å². The highest BCUT2D eigenvalue weighted by atomic mass is 16.7. The molecule has 2 aliphatic rings. The van der Waals surface area contributed by atoms with Crippen molar-refractivity contribution in [2.75, 3.05) is 72.7 Å². The van der Waals surface area contributed by atoms with Crippen molar-refractivity contribution in [3.05, 3.63) is 0 Å². The van der Waals surface area contributed by atoms with Gasteiger partial charge in [0.05, 0.1) is 84.1 Å². The molecule has 334 valence electrons. The molecule has 58 heavy (non-hydrogen) atoms. The molecule has 23 nitrogen and oxygen atoms in total. The summed E-state index contributed by atoms with van der Waals surface area (Å²) in [7, 11) is 0. The molecule has 3 amide bonds. The Morgan fingerprint density at radius 2 is 1.14 bits per heavy atom. The number of hydrogen-bond donors (Lipinski definition) is 10. The first-order valence-corrected chi connectivity index (χ1v) is 18.9. The third-order valence-corrected chi connectivity index (χ3v) is 8.90. The van der Waals surface area contributed by atoms with Gasteiger partial charge < -0.3 is 84.9 Å². The fourth-order valence-electron chi connectivity index (χ4n) is 6.01. The Morgan fingerprint density at radius 1 is 0.638 bits per heavy atom. The lowest BCUT2D eigenvalue weighted by molar-refractivity contribution is -0.268. The number of ether oxygens (including phenoxy) is 7. The van der Waals surface area contributed by atoms with Crippen molar-refractivity contribution in [1.82, 2.24) is 16.0 Å². The average molecular weight is 842 g/mol. The van der Waals surface area contributed by atoms with E-state index in [1.165, 1.54) is 0 Å². The molecule has 2 saturated heterocycles. The van der Waals surface area contributed by atoms with E-state index in [1.54, 1.807) is 0 Å². The minimum Gasteiger partial charge on any atom is -0.481 e. The van der Waals surface area contributed by atoms with Gasteiger partial charge in [0.15, 0.2) is 12.1 Å². The molecule has 0 aromatic carbocycles. The summed E-state index contributed by atoms with van der Waals surface area (Å²) in [6.45, 7) is 1.64. The molecule has 0 spiro atoms.